The predicted molar refractivity (Wildman–Crippen MR) is 49.9 cm³/mol. The molecule has 0 aliphatic heterocycles. The Morgan fingerprint density at radius 2 is 2.00 bits per heavy atom. The first-order valence-corrected chi connectivity index (χ1v) is 4.09. The average Bonchev–Trinajstić information content (AvgIpc) is 2.04. The summed E-state index contributed by atoms with van der Waals surface area (Å²) >= 11 is 0. The van der Waals surface area contributed by atoms with Crippen LogP contribution in [0.1, 0.15) is 26.7 Å². The lowest BCUT2D eigenvalue weighted by Gasteiger charge is -1.96. The Balaban J connectivity index is 3.69. The van der Waals surface area contributed by atoms with Gasteiger partial charge in [-0.2, -0.15) is 0 Å². The van der Waals surface area contributed by atoms with Gasteiger partial charge in [0.1, 0.15) is 6.29 Å². The number of aliphatic hydroxyl groups excluding tert-OH is 1. The Labute approximate surface area is 73.6 Å². The zero-order valence-corrected chi connectivity index (χ0v) is 7.71. The van der Waals surface area contributed by atoms with Crippen molar-refractivity contribution in [3.63, 3.8) is 0 Å². The van der Waals surface area contributed by atoms with E-state index in [-0.39, 0.29) is 6.61 Å². The van der Waals surface area contributed by atoms with Gasteiger partial charge in [0.25, 0.3) is 0 Å². The number of hydrogen-bond donors (Lipinski definition) is 1. The van der Waals surface area contributed by atoms with Crippen LogP contribution in [0.2, 0.25) is 0 Å². The molecule has 0 aromatic heterocycles. The molecule has 1 N–H and O–H groups in total. The Kier molecular flexibility index (Phi) is 6.29. The van der Waals surface area contributed by atoms with Crippen LogP contribution in [-0.2, 0) is 4.79 Å². The molecule has 12 heavy (non-hydrogen) atoms. The van der Waals surface area contributed by atoms with Gasteiger partial charge in [0.05, 0.1) is 6.61 Å². The van der Waals surface area contributed by atoms with Gasteiger partial charge in [0.2, 0.25) is 0 Å². The zero-order valence-electron chi connectivity index (χ0n) is 7.71. The SMILES string of the molecule is CC(C=O)=CCCC(C)=CCO. The van der Waals surface area contributed by atoms with E-state index in [1.165, 1.54) is 0 Å². The van der Waals surface area contributed by atoms with Crippen LogP contribution in [0.15, 0.2) is 23.3 Å². The van der Waals surface area contributed by atoms with E-state index in [1.54, 1.807) is 13.0 Å². The summed E-state index contributed by atoms with van der Waals surface area (Å²) in [6.07, 6.45) is 6.32. The Hall–Kier alpha value is -0.890. The minimum absolute atomic E-state index is 0.0994. The fourth-order valence-electron chi connectivity index (χ4n) is 0.834. The quantitative estimate of drug-likeness (QED) is 0.386. The molecular weight excluding hydrogens is 152 g/mol. The van der Waals surface area contributed by atoms with E-state index in [1.807, 2.05) is 13.0 Å². The van der Waals surface area contributed by atoms with Gasteiger partial charge >= 0.3 is 0 Å². The van der Waals surface area contributed by atoms with Crippen molar-refractivity contribution in [2.45, 2.75) is 26.7 Å². The van der Waals surface area contributed by atoms with Gasteiger partial charge in [-0.05, 0) is 32.3 Å². The van der Waals surface area contributed by atoms with Crippen molar-refractivity contribution in [2.75, 3.05) is 6.61 Å². The lowest BCUT2D eigenvalue weighted by atomic mass is 10.1. The molecule has 0 atom stereocenters. The highest BCUT2D eigenvalue weighted by Crippen LogP contribution is 2.05. The largest absolute Gasteiger partial charge is 0.392 e. The fourth-order valence-corrected chi connectivity index (χ4v) is 0.834. The van der Waals surface area contributed by atoms with Crippen molar-refractivity contribution in [1.29, 1.82) is 0 Å². The van der Waals surface area contributed by atoms with Crippen LogP contribution in [0, 0.1) is 0 Å². The van der Waals surface area contributed by atoms with E-state index in [0.717, 1.165) is 30.3 Å². The monoisotopic (exact) mass is 168 g/mol. The summed E-state index contributed by atoms with van der Waals surface area (Å²) in [7, 11) is 0. The van der Waals surface area contributed by atoms with Crippen LogP contribution >= 0.6 is 0 Å². The van der Waals surface area contributed by atoms with Crippen molar-refractivity contribution in [2.24, 2.45) is 0 Å². The molecule has 0 spiro atoms. The second-order valence-electron chi connectivity index (χ2n) is 2.84. The van der Waals surface area contributed by atoms with Gasteiger partial charge in [-0.25, -0.2) is 0 Å². The molecule has 0 saturated carbocycles. The third-order valence-corrected chi connectivity index (χ3v) is 1.63. The molecule has 0 unspecified atom stereocenters. The number of hydrogen-bond acceptors (Lipinski definition) is 2. The summed E-state index contributed by atoms with van der Waals surface area (Å²) < 4.78 is 0. The molecule has 0 heterocycles. The normalized spacial score (nSPS) is 13.2. The molecule has 0 aromatic rings. The molecule has 68 valence electrons. The van der Waals surface area contributed by atoms with Crippen LogP contribution in [-0.4, -0.2) is 18.0 Å². The molecule has 0 radical (unpaired) electrons. The van der Waals surface area contributed by atoms with Gasteiger partial charge in [0, 0.05) is 0 Å². The molecule has 0 bridgehead atoms. The summed E-state index contributed by atoms with van der Waals surface area (Å²) in [5.74, 6) is 0. The molecule has 0 amide bonds. The molecule has 0 saturated heterocycles. The molecule has 0 rings (SSSR count). The first-order chi connectivity index (χ1) is 5.70. The van der Waals surface area contributed by atoms with Gasteiger partial charge in [-0.3, -0.25) is 4.79 Å². The highest BCUT2D eigenvalue weighted by molar-refractivity contribution is 5.71. The number of carbonyl (C=O) groups is 1. The van der Waals surface area contributed by atoms with Crippen LogP contribution in [0.4, 0.5) is 0 Å². The standard InChI is InChI=1S/C10H16O2/c1-9(6-7-11)4-3-5-10(2)8-12/h5-6,8,11H,3-4,7H2,1-2H3. The lowest BCUT2D eigenvalue weighted by molar-refractivity contribution is -0.104. The summed E-state index contributed by atoms with van der Waals surface area (Å²) in [5.41, 5.74) is 1.93. The lowest BCUT2D eigenvalue weighted by Crippen LogP contribution is -1.82. The molecule has 2 heteroatoms. The van der Waals surface area contributed by atoms with E-state index in [0.29, 0.717) is 0 Å². The molecule has 0 aliphatic rings. The third-order valence-electron chi connectivity index (χ3n) is 1.63. The van der Waals surface area contributed by atoms with Crippen LogP contribution < -0.4 is 0 Å². The molecular formula is C10H16O2. The third kappa shape index (κ3) is 5.86. The van der Waals surface area contributed by atoms with Crippen LogP contribution in [0.25, 0.3) is 0 Å². The average molecular weight is 168 g/mol. The Bertz CT molecular complexity index is 190. The maximum atomic E-state index is 10.2. The summed E-state index contributed by atoms with van der Waals surface area (Å²) in [6, 6.07) is 0. The summed E-state index contributed by atoms with van der Waals surface area (Å²) in [5, 5.41) is 8.54. The topological polar surface area (TPSA) is 37.3 Å². The van der Waals surface area contributed by atoms with Gasteiger partial charge in [-0.1, -0.05) is 17.7 Å². The number of allylic oxidation sites excluding steroid dienone is 3. The zero-order chi connectivity index (χ0) is 9.40. The van der Waals surface area contributed by atoms with Crippen molar-refractivity contribution in [3.8, 4) is 0 Å². The molecule has 0 aliphatic carbocycles. The van der Waals surface area contributed by atoms with E-state index >= 15 is 0 Å². The molecule has 2 nitrogen and oxygen atoms in total. The minimum Gasteiger partial charge on any atom is -0.392 e. The second-order valence-corrected chi connectivity index (χ2v) is 2.84. The van der Waals surface area contributed by atoms with Gasteiger partial charge in [0.15, 0.2) is 0 Å². The number of aliphatic hydroxyl groups is 1. The number of aldehydes is 1. The number of carbonyl (C=O) groups excluding carboxylic acids is 1. The van der Waals surface area contributed by atoms with Gasteiger partial charge < -0.3 is 5.11 Å². The van der Waals surface area contributed by atoms with E-state index in [4.69, 9.17) is 5.11 Å². The second kappa shape index (κ2) is 6.80. The van der Waals surface area contributed by atoms with Crippen molar-refractivity contribution >= 4 is 6.29 Å². The van der Waals surface area contributed by atoms with E-state index in [9.17, 15) is 4.79 Å². The Morgan fingerprint density at radius 1 is 1.33 bits per heavy atom. The number of rotatable bonds is 5. The first-order valence-electron chi connectivity index (χ1n) is 4.09. The maximum absolute atomic E-state index is 10.2. The minimum atomic E-state index is 0.0994. The van der Waals surface area contributed by atoms with Crippen molar-refractivity contribution in [1.82, 2.24) is 0 Å². The first kappa shape index (κ1) is 11.1. The van der Waals surface area contributed by atoms with E-state index in [2.05, 4.69) is 0 Å². The highest BCUT2D eigenvalue weighted by Gasteiger charge is 1.88. The van der Waals surface area contributed by atoms with E-state index < -0.39 is 0 Å². The molecule has 0 fully saturated rings. The fraction of sp³-hybridized carbons (Fsp3) is 0.500. The maximum Gasteiger partial charge on any atom is 0.145 e. The Morgan fingerprint density at radius 3 is 2.50 bits per heavy atom. The van der Waals surface area contributed by atoms with Gasteiger partial charge in [-0.15, -0.1) is 0 Å². The smallest absolute Gasteiger partial charge is 0.145 e. The van der Waals surface area contributed by atoms with Crippen molar-refractivity contribution in [3.05, 3.63) is 23.3 Å². The summed E-state index contributed by atoms with van der Waals surface area (Å²) in [4.78, 5) is 10.2. The molecule has 0 aromatic carbocycles. The van der Waals surface area contributed by atoms with Crippen LogP contribution in [0.5, 0.6) is 0 Å². The highest BCUT2D eigenvalue weighted by atomic mass is 16.2. The summed E-state index contributed by atoms with van der Waals surface area (Å²) in [6.45, 7) is 3.86. The van der Waals surface area contributed by atoms with Crippen LogP contribution in [0.3, 0.4) is 0 Å². The predicted octanol–water partition coefficient (Wildman–Crippen LogP) is 1.85. The van der Waals surface area contributed by atoms with Crippen molar-refractivity contribution < 1.29 is 9.90 Å².